The second-order valence-corrected chi connectivity index (χ2v) is 4.36. The maximum atomic E-state index is 11.4. The van der Waals surface area contributed by atoms with Crippen LogP contribution in [0.1, 0.15) is 26.7 Å². The molecule has 62 valence electrons. The van der Waals surface area contributed by atoms with Gasteiger partial charge in [0.1, 0.15) is 5.78 Å². The van der Waals surface area contributed by atoms with Crippen molar-refractivity contribution in [3.05, 3.63) is 0 Å². The Labute approximate surface area is 66.6 Å². The van der Waals surface area contributed by atoms with Gasteiger partial charge >= 0.3 is 0 Å². The molecule has 3 atom stereocenters. The van der Waals surface area contributed by atoms with Crippen molar-refractivity contribution in [1.29, 1.82) is 0 Å². The molecular weight excluding hydrogens is 140 g/mol. The molecule has 0 bridgehead atoms. The van der Waals surface area contributed by atoms with E-state index in [0.29, 0.717) is 5.78 Å². The van der Waals surface area contributed by atoms with Crippen molar-refractivity contribution in [3.63, 3.8) is 0 Å². The van der Waals surface area contributed by atoms with E-state index in [1.165, 1.54) is 0 Å². The van der Waals surface area contributed by atoms with Gasteiger partial charge in [0.15, 0.2) is 0 Å². The van der Waals surface area contributed by atoms with Crippen molar-refractivity contribution in [3.8, 4) is 0 Å². The van der Waals surface area contributed by atoms with E-state index in [9.17, 15) is 9.90 Å². The number of ketones is 1. The zero-order valence-corrected chi connectivity index (χ0v) is 7.00. The van der Waals surface area contributed by atoms with E-state index < -0.39 is 0 Å². The third kappa shape index (κ3) is 0.684. The van der Waals surface area contributed by atoms with Gasteiger partial charge in [0.05, 0.1) is 6.10 Å². The highest BCUT2D eigenvalue weighted by Gasteiger charge is 2.60. The van der Waals surface area contributed by atoms with Crippen LogP contribution in [-0.2, 0) is 4.79 Å². The summed E-state index contributed by atoms with van der Waals surface area (Å²) in [6, 6.07) is 0. The van der Waals surface area contributed by atoms with Gasteiger partial charge in [-0.2, -0.15) is 0 Å². The Kier molecular flexibility index (Phi) is 1.23. The fourth-order valence-corrected chi connectivity index (χ4v) is 2.80. The van der Waals surface area contributed by atoms with Crippen LogP contribution < -0.4 is 0 Å². The summed E-state index contributed by atoms with van der Waals surface area (Å²) < 4.78 is 0. The molecule has 0 aromatic heterocycles. The summed E-state index contributed by atoms with van der Waals surface area (Å²) in [4.78, 5) is 11.4. The maximum absolute atomic E-state index is 11.4. The molecule has 2 saturated carbocycles. The fourth-order valence-electron chi connectivity index (χ4n) is 2.80. The van der Waals surface area contributed by atoms with Crippen LogP contribution in [0.4, 0.5) is 0 Å². The van der Waals surface area contributed by atoms with Crippen LogP contribution in [-0.4, -0.2) is 17.0 Å². The summed E-state index contributed by atoms with van der Waals surface area (Å²) in [6.07, 6.45) is 1.52. The summed E-state index contributed by atoms with van der Waals surface area (Å²) in [6.45, 7) is 3.90. The smallest absolute Gasteiger partial charge is 0.142 e. The summed E-state index contributed by atoms with van der Waals surface area (Å²) in [5.41, 5.74) is -0.236. The van der Waals surface area contributed by atoms with Gasteiger partial charge in [-0.15, -0.1) is 0 Å². The molecule has 0 aliphatic heterocycles. The summed E-state index contributed by atoms with van der Waals surface area (Å²) >= 11 is 0. The van der Waals surface area contributed by atoms with Crippen LogP contribution in [0.2, 0.25) is 0 Å². The molecule has 0 aromatic rings. The molecule has 1 N–H and O–H groups in total. The van der Waals surface area contributed by atoms with Crippen molar-refractivity contribution in [2.24, 2.45) is 17.3 Å². The Hall–Kier alpha value is -0.370. The van der Waals surface area contributed by atoms with Crippen molar-refractivity contribution in [2.75, 3.05) is 0 Å². The van der Waals surface area contributed by atoms with E-state index in [0.717, 1.165) is 12.8 Å². The summed E-state index contributed by atoms with van der Waals surface area (Å²) in [5, 5.41) is 9.52. The molecule has 2 heteroatoms. The van der Waals surface area contributed by atoms with Gasteiger partial charge in [-0.25, -0.2) is 0 Å². The lowest BCUT2D eigenvalue weighted by Crippen LogP contribution is -2.55. The normalized spacial score (nSPS) is 46.8. The van der Waals surface area contributed by atoms with Gasteiger partial charge in [-0.05, 0) is 12.8 Å². The quantitative estimate of drug-likeness (QED) is 0.564. The number of hydrogen-bond acceptors (Lipinski definition) is 2. The monoisotopic (exact) mass is 154 g/mol. The van der Waals surface area contributed by atoms with E-state index in [4.69, 9.17) is 0 Å². The molecule has 2 aliphatic rings. The van der Waals surface area contributed by atoms with Crippen LogP contribution in [0, 0.1) is 17.3 Å². The molecule has 2 nitrogen and oxygen atoms in total. The minimum Gasteiger partial charge on any atom is -0.393 e. The molecule has 2 aliphatic carbocycles. The first kappa shape index (κ1) is 7.29. The molecule has 2 fully saturated rings. The standard InChI is InChI=1S/C9H14O2/c1-9(2)7-5(8(9)11)3-4-6(7)10/h5-7,10H,3-4H2,1-2H3/t5-,6+,7-/m0/s1. The Morgan fingerprint density at radius 2 is 2.09 bits per heavy atom. The Morgan fingerprint density at radius 3 is 2.64 bits per heavy atom. The second kappa shape index (κ2) is 1.86. The first-order valence-electron chi connectivity index (χ1n) is 4.27. The number of carbonyl (C=O) groups is 1. The SMILES string of the molecule is CC1(C)C(=O)[C@H]2CC[C@@H](O)[C@H]21. The van der Waals surface area contributed by atoms with Gasteiger partial charge < -0.3 is 5.11 Å². The molecule has 0 saturated heterocycles. The average Bonchev–Trinajstić information content (AvgIpc) is 2.29. The van der Waals surface area contributed by atoms with Crippen molar-refractivity contribution >= 4 is 5.78 Å². The lowest BCUT2D eigenvalue weighted by atomic mass is 9.55. The lowest BCUT2D eigenvalue weighted by Gasteiger charge is -2.47. The van der Waals surface area contributed by atoms with Crippen molar-refractivity contribution in [1.82, 2.24) is 0 Å². The van der Waals surface area contributed by atoms with Gasteiger partial charge in [0, 0.05) is 17.3 Å². The first-order valence-corrected chi connectivity index (χ1v) is 4.27. The molecular formula is C9H14O2. The predicted molar refractivity (Wildman–Crippen MR) is 41.0 cm³/mol. The van der Waals surface area contributed by atoms with Crippen LogP contribution in [0.5, 0.6) is 0 Å². The topological polar surface area (TPSA) is 37.3 Å². The molecule has 0 spiro atoms. The van der Waals surface area contributed by atoms with Crippen molar-refractivity contribution in [2.45, 2.75) is 32.8 Å². The fraction of sp³-hybridized carbons (Fsp3) is 0.889. The highest BCUT2D eigenvalue weighted by atomic mass is 16.3. The number of Topliss-reactive ketones (excluding diaryl/α,β-unsaturated/α-hetero) is 1. The largest absolute Gasteiger partial charge is 0.393 e. The van der Waals surface area contributed by atoms with Crippen LogP contribution in [0.25, 0.3) is 0 Å². The van der Waals surface area contributed by atoms with E-state index >= 15 is 0 Å². The molecule has 0 radical (unpaired) electrons. The zero-order valence-electron chi connectivity index (χ0n) is 7.00. The summed E-state index contributed by atoms with van der Waals surface area (Å²) in [7, 11) is 0. The number of rotatable bonds is 0. The molecule has 0 aromatic carbocycles. The van der Waals surface area contributed by atoms with Crippen LogP contribution >= 0.6 is 0 Å². The second-order valence-electron chi connectivity index (χ2n) is 4.36. The van der Waals surface area contributed by atoms with E-state index in [1.54, 1.807) is 0 Å². The molecule has 0 unspecified atom stereocenters. The zero-order chi connectivity index (χ0) is 8.22. The van der Waals surface area contributed by atoms with Gasteiger partial charge in [-0.1, -0.05) is 13.8 Å². The van der Waals surface area contributed by atoms with Gasteiger partial charge in [-0.3, -0.25) is 4.79 Å². The number of hydrogen-bond donors (Lipinski definition) is 1. The predicted octanol–water partition coefficient (Wildman–Crippen LogP) is 0.982. The van der Waals surface area contributed by atoms with Crippen LogP contribution in [0.15, 0.2) is 0 Å². The minimum atomic E-state index is -0.236. The maximum Gasteiger partial charge on any atom is 0.142 e. The minimum absolute atomic E-state index is 0.194. The average molecular weight is 154 g/mol. The van der Waals surface area contributed by atoms with Gasteiger partial charge in [0.25, 0.3) is 0 Å². The van der Waals surface area contributed by atoms with E-state index in [2.05, 4.69) is 0 Å². The Morgan fingerprint density at radius 1 is 1.45 bits per heavy atom. The highest BCUT2D eigenvalue weighted by molar-refractivity contribution is 5.93. The Balaban J connectivity index is 2.25. The third-order valence-electron chi connectivity index (χ3n) is 3.43. The number of fused-ring (bicyclic) bond motifs is 1. The van der Waals surface area contributed by atoms with E-state index in [-0.39, 0.29) is 23.4 Å². The number of carbonyl (C=O) groups excluding carboxylic acids is 1. The molecule has 2 rings (SSSR count). The van der Waals surface area contributed by atoms with Crippen LogP contribution in [0.3, 0.4) is 0 Å². The molecule has 11 heavy (non-hydrogen) atoms. The molecule has 0 heterocycles. The highest BCUT2D eigenvalue weighted by Crippen LogP contribution is 2.55. The summed E-state index contributed by atoms with van der Waals surface area (Å²) in [5.74, 6) is 0.814. The third-order valence-corrected chi connectivity index (χ3v) is 3.43. The number of aliphatic hydroxyl groups excluding tert-OH is 1. The van der Waals surface area contributed by atoms with Crippen molar-refractivity contribution < 1.29 is 9.90 Å². The van der Waals surface area contributed by atoms with E-state index in [1.807, 2.05) is 13.8 Å². The Bertz CT molecular complexity index is 208. The first-order chi connectivity index (χ1) is 5.05. The lowest BCUT2D eigenvalue weighted by molar-refractivity contribution is -0.156. The molecule has 0 amide bonds. The number of aliphatic hydroxyl groups is 1. The van der Waals surface area contributed by atoms with Gasteiger partial charge in [0.2, 0.25) is 0 Å².